The van der Waals surface area contributed by atoms with Crippen molar-refractivity contribution in [3.8, 4) is 0 Å². The first kappa shape index (κ1) is 15.2. The Balaban J connectivity index is 3.19. The van der Waals surface area contributed by atoms with Gasteiger partial charge in [-0.15, -0.1) is 0 Å². The summed E-state index contributed by atoms with van der Waals surface area (Å²) in [7, 11) is -2.60. The van der Waals surface area contributed by atoms with Crippen molar-refractivity contribution in [2.24, 2.45) is 12.8 Å². The number of carboxylic acids is 1. The molecule has 0 fully saturated rings. The second-order valence-electron chi connectivity index (χ2n) is 4.57. The molecule has 1 heterocycles. The van der Waals surface area contributed by atoms with Gasteiger partial charge in [0.25, 0.3) is 5.91 Å². The molecule has 0 saturated heterocycles. The number of primary amides is 1. The second kappa shape index (κ2) is 4.67. The molecule has 1 aromatic rings. The Bertz CT molecular complexity index is 630. The van der Waals surface area contributed by atoms with Crippen molar-refractivity contribution in [3.05, 3.63) is 18.0 Å². The maximum absolute atomic E-state index is 12.0. The normalized spacial score (nSPS) is 12.4. The highest BCUT2D eigenvalue weighted by Crippen LogP contribution is 2.16. The van der Waals surface area contributed by atoms with Crippen LogP contribution in [0.25, 0.3) is 0 Å². The lowest BCUT2D eigenvalue weighted by Gasteiger charge is -2.20. The zero-order valence-corrected chi connectivity index (χ0v) is 11.5. The predicted octanol–water partition coefficient (Wildman–Crippen LogP) is -0.734. The minimum atomic E-state index is -4.06. The van der Waals surface area contributed by atoms with Crippen molar-refractivity contribution in [1.29, 1.82) is 0 Å². The van der Waals surface area contributed by atoms with Gasteiger partial charge in [-0.2, -0.15) is 4.72 Å². The van der Waals surface area contributed by atoms with Gasteiger partial charge in [-0.1, -0.05) is 0 Å². The standard InChI is InChI=1S/C10H15N3O5S/c1-10(2,9(15)16)12-19(17,18)6-4-7(8(11)14)13(3)5-6/h4-5,12H,1-3H3,(H2,11,14)(H,15,16). The Morgan fingerprint density at radius 1 is 1.42 bits per heavy atom. The number of carbonyl (C=O) groups excluding carboxylic acids is 1. The van der Waals surface area contributed by atoms with Crippen LogP contribution in [0.5, 0.6) is 0 Å². The van der Waals surface area contributed by atoms with E-state index < -0.39 is 27.4 Å². The maximum atomic E-state index is 12.0. The van der Waals surface area contributed by atoms with Crippen LogP contribution in [0.4, 0.5) is 0 Å². The molecule has 106 valence electrons. The lowest BCUT2D eigenvalue weighted by atomic mass is 10.1. The summed E-state index contributed by atoms with van der Waals surface area (Å²) in [6, 6.07) is 1.09. The van der Waals surface area contributed by atoms with Gasteiger partial charge in [0.15, 0.2) is 0 Å². The average Bonchev–Trinajstić information content (AvgIpc) is 2.59. The van der Waals surface area contributed by atoms with Gasteiger partial charge in [0, 0.05) is 13.2 Å². The summed E-state index contributed by atoms with van der Waals surface area (Å²) < 4.78 is 27.3. The van der Waals surface area contributed by atoms with E-state index >= 15 is 0 Å². The summed E-state index contributed by atoms with van der Waals surface area (Å²) in [4.78, 5) is 21.7. The van der Waals surface area contributed by atoms with E-state index in [0.29, 0.717) is 0 Å². The number of aryl methyl sites for hydroxylation is 1. The molecule has 0 bridgehead atoms. The van der Waals surface area contributed by atoms with Crippen LogP contribution >= 0.6 is 0 Å². The molecule has 19 heavy (non-hydrogen) atoms. The molecule has 0 unspecified atom stereocenters. The number of aromatic nitrogens is 1. The zero-order valence-electron chi connectivity index (χ0n) is 10.7. The van der Waals surface area contributed by atoms with Crippen LogP contribution in [0.3, 0.4) is 0 Å². The maximum Gasteiger partial charge on any atom is 0.324 e. The Labute approximate surface area is 110 Å². The molecule has 0 saturated carbocycles. The first-order chi connectivity index (χ1) is 8.47. The minimum absolute atomic E-state index is 0.00788. The monoisotopic (exact) mass is 289 g/mol. The van der Waals surface area contributed by atoms with E-state index in [2.05, 4.69) is 0 Å². The van der Waals surface area contributed by atoms with Gasteiger partial charge in [0.05, 0.1) is 0 Å². The lowest BCUT2D eigenvalue weighted by molar-refractivity contribution is -0.142. The second-order valence-corrected chi connectivity index (χ2v) is 6.25. The van der Waals surface area contributed by atoms with Gasteiger partial charge in [-0.25, -0.2) is 8.42 Å². The number of amides is 1. The molecular formula is C10H15N3O5S. The van der Waals surface area contributed by atoms with Crippen molar-refractivity contribution >= 4 is 21.9 Å². The Morgan fingerprint density at radius 3 is 2.32 bits per heavy atom. The third-order valence-corrected chi connectivity index (χ3v) is 4.09. The van der Waals surface area contributed by atoms with Crippen LogP contribution in [-0.2, 0) is 21.9 Å². The summed E-state index contributed by atoms with van der Waals surface area (Å²) in [5, 5.41) is 8.89. The average molecular weight is 289 g/mol. The smallest absolute Gasteiger partial charge is 0.324 e. The lowest BCUT2D eigenvalue weighted by Crippen LogP contribution is -2.49. The van der Waals surface area contributed by atoms with Gasteiger partial charge in [-0.05, 0) is 19.9 Å². The number of nitrogens with two attached hydrogens (primary N) is 1. The van der Waals surface area contributed by atoms with E-state index in [9.17, 15) is 18.0 Å². The van der Waals surface area contributed by atoms with Crippen molar-refractivity contribution in [3.63, 3.8) is 0 Å². The molecule has 9 heteroatoms. The van der Waals surface area contributed by atoms with Crippen molar-refractivity contribution in [2.75, 3.05) is 0 Å². The molecule has 0 aromatic carbocycles. The molecule has 0 radical (unpaired) electrons. The SMILES string of the molecule is Cn1cc(S(=O)(=O)NC(C)(C)C(=O)O)cc1C(N)=O. The fourth-order valence-electron chi connectivity index (χ4n) is 1.36. The number of hydrogen-bond acceptors (Lipinski definition) is 4. The fraction of sp³-hybridized carbons (Fsp3) is 0.400. The minimum Gasteiger partial charge on any atom is -0.480 e. The number of hydrogen-bond donors (Lipinski definition) is 3. The first-order valence-electron chi connectivity index (χ1n) is 5.21. The van der Waals surface area contributed by atoms with E-state index in [4.69, 9.17) is 10.8 Å². The largest absolute Gasteiger partial charge is 0.480 e. The van der Waals surface area contributed by atoms with Gasteiger partial charge in [0.1, 0.15) is 16.1 Å². The molecule has 0 aliphatic heterocycles. The van der Waals surface area contributed by atoms with Gasteiger partial charge < -0.3 is 15.4 Å². The predicted molar refractivity (Wildman–Crippen MR) is 66.0 cm³/mol. The number of sulfonamides is 1. The van der Waals surface area contributed by atoms with Crippen LogP contribution in [0.1, 0.15) is 24.3 Å². The highest BCUT2D eigenvalue weighted by atomic mass is 32.2. The Hall–Kier alpha value is -1.87. The molecule has 1 aromatic heterocycles. The molecule has 8 nitrogen and oxygen atoms in total. The third kappa shape index (κ3) is 3.12. The van der Waals surface area contributed by atoms with Crippen LogP contribution in [0, 0.1) is 0 Å². The Kier molecular flexibility index (Phi) is 3.73. The van der Waals surface area contributed by atoms with Crippen molar-refractivity contribution in [2.45, 2.75) is 24.3 Å². The van der Waals surface area contributed by atoms with Gasteiger partial charge >= 0.3 is 5.97 Å². The molecule has 0 aliphatic rings. The van der Waals surface area contributed by atoms with Crippen LogP contribution in [0.15, 0.2) is 17.2 Å². The molecule has 0 aliphatic carbocycles. The number of rotatable bonds is 5. The molecular weight excluding hydrogens is 274 g/mol. The summed E-state index contributed by atoms with van der Waals surface area (Å²) in [5.74, 6) is -2.09. The number of carbonyl (C=O) groups is 2. The topological polar surface area (TPSA) is 131 Å². The van der Waals surface area contributed by atoms with Gasteiger partial charge in [0.2, 0.25) is 10.0 Å². The fourth-order valence-corrected chi connectivity index (χ4v) is 2.81. The van der Waals surface area contributed by atoms with Crippen LogP contribution in [0.2, 0.25) is 0 Å². The third-order valence-electron chi connectivity index (χ3n) is 2.47. The summed E-state index contributed by atoms with van der Waals surface area (Å²) in [6.45, 7) is 2.43. The van der Waals surface area contributed by atoms with E-state index in [0.717, 1.165) is 6.07 Å². The van der Waals surface area contributed by atoms with Crippen molar-refractivity contribution in [1.82, 2.24) is 9.29 Å². The van der Waals surface area contributed by atoms with E-state index in [-0.39, 0.29) is 10.6 Å². The molecule has 0 spiro atoms. The summed E-state index contributed by atoms with van der Waals surface area (Å²) in [6.07, 6.45) is 1.18. The molecule has 1 amide bonds. The van der Waals surface area contributed by atoms with Crippen LogP contribution in [-0.4, -0.2) is 35.5 Å². The van der Waals surface area contributed by atoms with Crippen LogP contribution < -0.4 is 10.5 Å². The van der Waals surface area contributed by atoms with Crippen molar-refractivity contribution < 1.29 is 23.1 Å². The first-order valence-corrected chi connectivity index (χ1v) is 6.69. The quantitative estimate of drug-likeness (QED) is 0.657. The number of carboxylic acid groups (broad SMARTS) is 1. The molecule has 1 rings (SSSR count). The number of aliphatic carboxylic acids is 1. The zero-order chi connectivity index (χ0) is 15.0. The highest BCUT2D eigenvalue weighted by molar-refractivity contribution is 7.89. The summed E-state index contributed by atoms with van der Waals surface area (Å²) in [5.41, 5.74) is 3.42. The number of nitrogens with zero attached hydrogens (tertiary/aromatic N) is 1. The van der Waals surface area contributed by atoms with Gasteiger partial charge in [-0.3, -0.25) is 9.59 Å². The Morgan fingerprint density at radius 2 is 1.95 bits per heavy atom. The number of nitrogens with one attached hydrogen (secondary N) is 1. The van der Waals surface area contributed by atoms with E-state index in [1.807, 2.05) is 4.72 Å². The van der Waals surface area contributed by atoms with E-state index in [1.165, 1.54) is 31.7 Å². The molecule has 4 N–H and O–H groups in total. The highest BCUT2D eigenvalue weighted by Gasteiger charge is 2.33. The van der Waals surface area contributed by atoms with E-state index in [1.54, 1.807) is 0 Å². The summed E-state index contributed by atoms with van der Waals surface area (Å²) >= 11 is 0. The molecule has 0 atom stereocenters.